The fourth-order valence-electron chi connectivity index (χ4n) is 3.04. The standard InChI is InChI=1S/C22H17FN2OS/c1-27(26)19-8-4-16(5-9-19)21-14-20(15-10-12-24-13-11-15)22(25-21)17-2-6-18(23)7-3-17/h2-14,25H,1H3/t27-/m0/s1. The minimum atomic E-state index is -1.01. The van der Waals surface area contributed by atoms with Crippen LogP contribution in [0.2, 0.25) is 0 Å². The van der Waals surface area contributed by atoms with Crippen molar-refractivity contribution in [1.29, 1.82) is 0 Å². The molecule has 0 saturated heterocycles. The number of benzene rings is 2. The Morgan fingerprint density at radius 2 is 1.48 bits per heavy atom. The Labute approximate surface area is 159 Å². The van der Waals surface area contributed by atoms with Crippen LogP contribution < -0.4 is 0 Å². The van der Waals surface area contributed by atoms with Gasteiger partial charge in [-0.2, -0.15) is 0 Å². The zero-order valence-corrected chi connectivity index (χ0v) is 15.5. The number of aromatic nitrogens is 2. The molecule has 0 spiro atoms. The molecule has 0 aliphatic rings. The van der Waals surface area contributed by atoms with Gasteiger partial charge >= 0.3 is 0 Å². The van der Waals surface area contributed by atoms with Crippen molar-refractivity contribution in [2.24, 2.45) is 0 Å². The normalized spacial score (nSPS) is 12.1. The first-order valence-electron chi connectivity index (χ1n) is 8.45. The van der Waals surface area contributed by atoms with Gasteiger partial charge in [0.15, 0.2) is 0 Å². The van der Waals surface area contributed by atoms with E-state index >= 15 is 0 Å². The molecule has 2 aromatic heterocycles. The SMILES string of the molecule is C[S@](=O)c1ccc(-c2cc(-c3ccncc3)c(-c3ccc(F)cc3)[nH]2)cc1. The number of rotatable bonds is 4. The largest absolute Gasteiger partial charge is 0.354 e. The maximum atomic E-state index is 13.4. The molecule has 4 aromatic rings. The van der Waals surface area contributed by atoms with E-state index in [1.54, 1.807) is 30.8 Å². The third-order valence-corrected chi connectivity index (χ3v) is 5.38. The van der Waals surface area contributed by atoms with Crippen LogP contribution in [0.1, 0.15) is 0 Å². The number of aromatic amines is 1. The van der Waals surface area contributed by atoms with Gasteiger partial charge < -0.3 is 4.98 Å². The number of hydrogen-bond donors (Lipinski definition) is 1. The van der Waals surface area contributed by atoms with Gasteiger partial charge in [0.1, 0.15) is 5.82 Å². The molecule has 2 heterocycles. The molecular weight excluding hydrogens is 359 g/mol. The summed E-state index contributed by atoms with van der Waals surface area (Å²) in [6, 6.07) is 20.1. The van der Waals surface area contributed by atoms with Gasteiger partial charge in [-0.15, -0.1) is 0 Å². The van der Waals surface area contributed by atoms with Crippen molar-refractivity contribution in [2.75, 3.05) is 6.26 Å². The Morgan fingerprint density at radius 1 is 0.852 bits per heavy atom. The Morgan fingerprint density at radius 3 is 2.11 bits per heavy atom. The first-order valence-corrected chi connectivity index (χ1v) is 10.0. The fourth-order valence-corrected chi connectivity index (χ4v) is 3.56. The highest BCUT2D eigenvalue weighted by molar-refractivity contribution is 7.84. The highest BCUT2D eigenvalue weighted by Crippen LogP contribution is 2.35. The van der Waals surface area contributed by atoms with Crippen molar-refractivity contribution in [3.8, 4) is 33.6 Å². The van der Waals surface area contributed by atoms with E-state index in [4.69, 9.17) is 0 Å². The van der Waals surface area contributed by atoms with Crippen molar-refractivity contribution >= 4 is 10.8 Å². The number of hydrogen-bond acceptors (Lipinski definition) is 2. The minimum absolute atomic E-state index is 0.265. The van der Waals surface area contributed by atoms with E-state index in [2.05, 4.69) is 16.0 Å². The first-order chi connectivity index (χ1) is 13.1. The van der Waals surface area contributed by atoms with Crippen LogP contribution in [0, 0.1) is 5.82 Å². The molecule has 0 fully saturated rings. The molecule has 0 saturated carbocycles. The molecule has 27 heavy (non-hydrogen) atoms. The predicted molar refractivity (Wildman–Crippen MR) is 107 cm³/mol. The van der Waals surface area contributed by atoms with E-state index in [9.17, 15) is 8.60 Å². The summed E-state index contributed by atoms with van der Waals surface area (Å²) < 4.78 is 25.0. The van der Waals surface area contributed by atoms with Gasteiger partial charge in [-0.25, -0.2) is 4.39 Å². The predicted octanol–water partition coefficient (Wildman–Crippen LogP) is 5.29. The molecule has 0 amide bonds. The minimum Gasteiger partial charge on any atom is -0.354 e. The molecule has 0 bridgehead atoms. The number of nitrogens with one attached hydrogen (secondary N) is 1. The van der Waals surface area contributed by atoms with Gasteiger partial charge in [0.2, 0.25) is 0 Å². The molecule has 2 aromatic carbocycles. The molecule has 1 atom stereocenters. The Bertz CT molecular complexity index is 1090. The Kier molecular flexibility index (Phi) is 4.69. The van der Waals surface area contributed by atoms with Crippen molar-refractivity contribution in [3.05, 3.63) is 84.9 Å². The van der Waals surface area contributed by atoms with Crippen LogP contribution in [0.5, 0.6) is 0 Å². The maximum Gasteiger partial charge on any atom is 0.123 e. The summed E-state index contributed by atoms with van der Waals surface area (Å²) in [5, 5.41) is 0. The second-order valence-electron chi connectivity index (χ2n) is 6.19. The lowest BCUT2D eigenvalue weighted by molar-refractivity contribution is 0.628. The van der Waals surface area contributed by atoms with E-state index in [-0.39, 0.29) is 5.82 Å². The van der Waals surface area contributed by atoms with Crippen molar-refractivity contribution < 1.29 is 8.60 Å². The van der Waals surface area contributed by atoms with Crippen molar-refractivity contribution in [2.45, 2.75) is 4.90 Å². The second-order valence-corrected chi connectivity index (χ2v) is 7.57. The van der Waals surface area contributed by atoms with Crippen molar-refractivity contribution in [1.82, 2.24) is 9.97 Å². The molecule has 3 nitrogen and oxygen atoms in total. The van der Waals surface area contributed by atoms with Gasteiger partial charge in [0.05, 0.1) is 5.69 Å². The van der Waals surface area contributed by atoms with Crippen LogP contribution in [0.3, 0.4) is 0 Å². The van der Waals surface area contributed by atoms with Crippen LogP contribution >= 0.6 is 0 Å². The molecule has 1 N–H and O–H groups in total. The summed E-state index contributed by atoms with van der Waals surface area (Å²) in [7, 11) is -1.01. The van der Waals surface area contributed by atoms with Gasteiger partial charge in [-0.05, 0) is 71.3 Å². The zero-order valence-electron chi connectivity index (χ0n) is 14.6. The summed E-state index contributed by atoms with van der Waals surface area (Å²) in [4.78, 5) is 8.34. The third-order valence-electron chi connectivity index (χ3n) is 4.44. The summed E-state index contributed by atoms with van der Waals surface area (Å²) in [5.74, 6) is -0.265. The lowest BCUT2D eigenvalue weighted by Crippen LogP contribution is -1.87. The lowest BCUT2D eigenvalue weighted by atomic mass is 10.0. The Balaban J connectivity index is 1.84. The quantitative estimate of drug-likeness (QED) is 0.526. The average Bonchev–Trinajstić information content (AvgIpc) is 3.15. The molecule has 0 unspecified atom stereocenters. The first kappa shape index (κ1) is 17.4. The van der Waals surface area contributed by atoms with E-state index in [0.717, 1.165) is 38.5 Å². The van der Waals surface area contributed by atoms with Gasteiger partial charge in [0, 0.05) is 45.6 Å². The smallest absolute Gasteiger partial charge is 0.123 e. The number of halogens is 1. The molecule has 5 heteroatoms. The number of nitrogens with zero attached hydrogens (tertiary/aromatic N) is 1. The van der Waals surface area contributed by atoms with E-state index < -0.39 is 10.8 Å². The molecule has 134 valence electrons. The molecule has 0 aliphatic carbocycles. The van der Waals surface area contributed by atoms with Crippen LogP contribution in [-0.2, 0) is 10.8 Å². The summed E-state index contributed by atoms with van der Waals surface area (Å²) in [6.07, 6.45) is 5.17. The topological polar surface area (TPSA) is 45.8 Å². The highest BCUT2D eigenvalue weighted by atomic mass is 32.2. The van der Waals surface area contributed by atoms with E-state index in [1.165, 1.54) is 12.1 Å². The molecular formula is C22H17FN2OS. The summed E-state index contributed by atoms with van der Waals surface area (Å²) >= 11 is 0. The number of H-pyrrole nitrogens is 1. The van der Waals surface area contributed by atoms with E-state index in [1.807, 2.05) is 36.4 Å². The molecule has 0 aliphatic heterocycles. The Hall–Kier alpha value is -3.05. The molecule has 4 rings (SSSR count). The summed E-state index contributed by atoms with van der Waals surface area (Å²) in [6.45, 7) is 0. The van der Waals surface area contributed by atoms with Crippen LogP contribution in [0.15, 0.2) is 84.0 Å². The molecule has 0 radical (unpaired) electrons. The monoisotopic (exact) mass is 376 g/mol. The van der Waals surface area contributed by atoms with Crippen LogP contribution in [0.4, 0.5) is 4.39 Å². The van der Waals surface area contributed by atoms with Gasteiger partial charge in [-0.1, -0.05) is 12.1 Å². The highest BCUT2D eigenvalue weighted by Gasteiger charge is 2.13. The average molecular weight is 376 g/mol. The van der Waals surface area contributed by atoms with Gasteiger partial charge in [-0.3, -0.25) is 9.19 Å². The zero-order chi connectivity index (χ0) is 18.8. The lowest BCUT2D eigenvalue weighted by Gasteiger charge is -2.04. The number of pyridine rings is 1. The summed E-state index contributed by atoms with van der Waals surface area (Å²) in [5.41, 5.74) is 5.79. The maximum absolute atomic E-state index is 13.4. The van der Waals surface area contributed by atoms with Crippen LogP contribution in [-0.4, -0.2) is 20.4 Å². The van der Waals surface area contributed by atoms with Gasteiger partial charge in [0.25, 0.3) is 0 Å². The second kappa shape index (κ2) is 7.29. The van der Waals surface area contributed by atoms with Crippen molar-refractivity contribution in [3.63, 3.8) is 0 Å². The third kappa shape index (κ3) is 3.59. The van der Waals surface area contributed by atoms with E-state index in [0.29, 0.717) is 0 Å². The van der Waals surface area contributed by atoms with Crippen LogP contribution in [0.25, 0.3) is 33.6 Å². The fraction of sp³-hybridized carbons (Fsp3) is 0.0455.